The molecule has 1 heterocycles. The summed E-state index contributed by atoms with van der Waals surface area (Å²) in [5.74, 6) is 0.623. The Hall–Kier alpha value is -0.130. The van der Waals surface area contributed by atoms with Gasteiger partial charge in [0.15, 0.2) is 0 Å². The average Bonchev–Trinajstić information content (AvgIpc) is 2.48. The molecule has 3 rings (SSSR count). The summed E-state index contributed by atoms with van der Waals surface area (Å²) in [7, 11) is -3.46. The molecule has 4 nitrogen and oxygen atoms in total. The van der Waals surface area contributed by atoms with Crippen molar-refractivity contribution in [2.45, 2.75) is 39.2 Å². The van der Waals surface area contributed by atoms with Crippen molar-refractivity contribution in [2.24, 2.45) is 16.7 Å². The van der Waals surface area contributed by atoms with Gasteiger partial charge in [0.05, 0.1) is 6.10 Å². The van der Waals surface area contributed by atoms with Crippen LogP contribution in [0.1, 0.15) is 33.1 Å². The third-order valence-corrected chi connectivity index (χ3v) is 6.15. The van der Waals surface area contributed by atoms with Gasteiger partial charge in [-0.05, 0) is 30.6 Å². The van der Waals surface area contributed by atoms with Crippen molar-refractivity contribution >= 4 is 10.3 Å². The zero-order chi connectivity index (χ0) is 10.9. The Bertz CT molecular complexity index is 403. The van der Waals surface area contributed by atoms with Gasteiger partial charge in [-0.2, -0.15) is 13.1 Å². The van der Waals surface area contributed by atoms with Crippen LogP contribution in [0.2, 0.25) is 0 Å². The quantitative estimate of drug-likeness (QED) is 0.678. The highest BCUT2D eigenvalue weighted by atomic mass is 32.2. The molecule has 3 fully saturated rings. The van der Waals surface area contributed by atoms with Gasteiger partial charge in [-0.3, -0.25) is 4.18 Å². The second-order valence-corrected chi connectivity index (χ2v) is 7.10. The van der Waals surface area contributed by atoms with Crippen LogP contribution < -0.4 is 4.72 Å². The molecular weight excluding hydrogens is 214 g/mol. The van der Waals surface area contributed by atoms with Crippen LogP contribution in [-0.2, 0) is 14.5 Å². The summed E-state index contributed by atoms with van der Waals surface area (Å²) in [6.07, 6.45) is 3.14. The number of rotatable bonds is 0. The van der Waals surface area contributed by atoms with Gasteiger partial charge in [-0.1, -0.05) is 13.8 Å². The normalized spacial score (nSPS) is 50.3. The fourth-order valence-electron chi connectivity index (χ4n) is 3.96. The van der Waals surface area contributed by atoms with Crippen LogP contribution in [0.4, 0.5) is 0 Å². The maximum Gasteiger partial charge on any atom is 0.336 e. The first-order chi connectivity index (χ1) is 6.87. The van der Waals surface area contributed by atoms with Crippen molar-refractivity contribution < 1.29 is 12.6 Å². The Morgan fingerprint density at radius 1 is 1.40 bits per heavy atom. The molecule has 86 valence electrons. The van der Waals surface area contributed by atoms with Crippen LogP contribution in [0.25, 0.3) is 0 Å². The predicted octanol–water partition coefficient (Wildman–Crippen LogP) is 1.05. The molecule has 0 radical (unpaired) electrons. The van der Waals surface area contributed by atoms with Gasteiger partial charge in [0.1, 0.15) is 0 Å². The van der Waals surface area contributed by atoms with Crippen LogP contribution in [0.3, 0.4) is 0 Å². The fraction of sp³-hybridized carbons (Fsp3) is 1.00. The first kappa shape index (κ1) is 10.1. The third-order valence-electron chi connectivity index (χ3n) is 5.16. The molecule has 0 aromatic heterocycles. The van der Waals surface area contributed by atoms with Crippen molar-refractivity contribution in [3.05, 3.63) is 0 Å². The van der Waals surface area contributed by atoms with Gasteiger partial charge in [0.25, 0.3) is 0 Å². The minimum absolute atomic E-state index is 0.0446. The van der Waals surface area contributed by atoms with Crippen LogP contribution in [-0.4, -0.2) is 21.1 Å². The summed E-state index contributed by atoms with van der Waals surface area (Å²) in [5, 5.41) is 0. The highest BCUT2D eigenvalue weighted by Crippen LogP contribution is 2.67. The van der Waals surface area contributed by atoms with Gasteiger partial charge >= 0.3 is 10.3 Å². The van der Waals surface area contributed by atoms with E-state index in [9.17, 15) is 8.42 Å². The van der Waals surface area contributed by atoms with E-state index in [0.717, 1.165) is 12.8 Å². The average molecular weight is 231 g/mol. The topological polar surface area (TPSA) is 55.4 Å². The first-order valence-electron chi connectivity index (χ1n) is 5.55. The highest BCUT2D eigenvalue weighted by molar-refractivity contribution is 7.84. The van der Waals surface area contributed by atoms with Gasteiger partial charge in [-0.25, -0.2) is 0 Å². The van der Waals surface area contributed by atoms with Crippen LogP contribution in [0, 0.1) is 16.7 Å². The van der Waals surface area contributed by atoms with E-state index in [-0.39, 0.29) is 16.9 Å². The van der Waals surface area contributed by atoms with Crippen molar-refractivity contribution in [1.29, 1.82) is 0 Å². The van der Waals surface area contributed by atoms with Crippen molar-refractivity contribution in [3.63, 3.8) is 0 Å². The van der Waals surface area contributed by atoms with E-state index >= 15 is 0 Å². The molecule has 3 atom stereocenters. The van der Waals surface area contributed by atoms with Crippen molar-refractivity contribution in [1.82, 2.24) is 4.72 Å². The molecule has 0 aromatic carbocycles. The van der Waals surface area contributed by atoms with Crippen LogP contribution in [0.15, 0.2) is 0 Å². The van der Waals surface area contributed by atoms with E-state index in [1.165, 1.54) is 6.42 Å². The van der Waals surface area contributed by atoms with Gasteiger partial charge in [0.2, 0.25) is 0 Å². The molecule has 1 aliphatic heterocycles. The SMILES string of the molecule is CC1(C)C2CCC13CNS(=O)(=O)OC3C2. The lowest BCUT2D eigenvalue weighted by Gasteiger charge is -2.44. The summed E-state index contributed by atoms with van der Waals surface area (Å²) >= 11 is 0. The maximum atomic E-state index is 11.3. The summed E-state index contributed by atoms with van der Waals surface area (Å²) in [4.78, 5) is 0. The molecule has 1 spiro atoms. The monoisotopic (exact) mass is 231 g/mol. The van der Waals surface area contributed by atoms with Gasteiger partial charge in [-0.15, -0.1) is 0 Å². The maximum absolute atomic E-state index is 11.3. The molecule has 1 saturated heterocycles. The Labute approximate surface area is 90.6 Å². The van der Waals surface area contributed by atoms with E-state index in [0.29, 0.717) is 12.5 Å². The second kappa shape index (κ2) is 2.57. The van der Waals surface area contributed by atoms with E-state index in [1.54, 1.807) is 0 Å². The lowest BCUT2D eigenvalue weighted by molar-refractivity contribution is 0.00388. The molecule has 1 N–H and O–H groups in total. The minimum Gasteiger partial charge on any atom is -0.254 e. The van der Waals surface area contributed by atoms with E-state index in [1.807, 2.05) is 0 Å². The molecule has 3 unspecified atom stereocenters. The summed E-state index contributed by atoms with van der Waals surface area (Å²) in [6, 6.07) is 0. The number of hydrogen-bond acceptors (Lipinski definition) is 3. The number of nitrogens with one attached hydrogen (secondary N) is 1. The zero-order valence-corrected chi connectivity index (χ0v) is 9.93. The first-order valence-corrected chi connectivity index (χ1v) is 6.96. The molecule has 5 heteroatoms. The minimum atomic E-state index is -3.46. The molecule has 2 bridgehead atoms. The molecule has 0 aromatic rings. The van der Waals surface area contributed by atoms with E-state index in [4.69, 9.17) is 4.18 Å². The zero-order valence-electron chi connectivity index (χ0n) is 9.12. The van der Waals surface area contributed by atoms with E-state index in [2.05, 4.69) is 18.6 Å². The highest BCUT2D eigenvalue weighted by Gasteiger charge is 2.66. The molecule has 2 saturated carbocycles. The molecular formula is C10H17NO3S. The predicted molar refractivity (Wildman–Crippen MR) is 55.4 cm³/mol. The van der Waals surface area contributed by atoms with Crippen LogP contribution in [0.5, 0.6) is 0 Å². The second-order valence-electron chi connectivity index (χ2n) is 5.71. The summed E-state index contributed by atoms with van der Waals surface area (Å²) < 4.78 is 30.5. The van der Waals surface area contributed by atoms with Crippen molar-refractivity contribution in [2.75, 3.05) is 6.54 Å². The summed E-state index contributed by atoms with van der Waals surface area (Å²) in [5.41, 5.74) is 0.254. The molecule has 0 amide bonds. The Balaban J connectivity index is 2.03. The van der Waals surface area contributed by atoms with E-state index < -0.39 is 10.3 Å². The third kappa shape index (κ3) is 1.06. The van der Waals surface area contributed by atoms with Gasteiger partial charge in [0, 0.05) is 12.0 Å². The van der Waals surface area contributed by atoms with Crippen LogP contribution >= 0.6 is 0 Å². The smallest absolute Gasteiger partial charge is 0.254 e. The Kier molecular flexibility index (Phi) is 1.73. The lowest BCUT2D eigenvalue weighted by atomic mass is 9.68. The lowest BCUT2D eigenvalue weighted by Crippen LogP contribution is -2.55. The number of fused-ring (bicyclic) bond motifs is 1. The van der Waals surface area contributed by atoms with Crippen molar-refractivity contribution in [3.8, 4) is 0 Å². The largest absolute Gasteiger partial charge is 0.336 e. The Morgan fingerprint density at radius 2 is 2.13 bits per heavy atom. The molecule has 15 heavy (non-hydrogen) atoms. The fourth-order valence-corrected chi connectivity index (χ4v) is 5.03. The molecule has 2 aliphatic carbocycles. The molecule has 3 aliphatic rings. The standard InChI is InChI=1S/C10H17NO3S/c1-9(2)7-3-4-10(9)6-11-15(12,13)14-8(10)5-7/h7-8,11H,3-6H2,1-2H3. The van der Waals surface area contributed by atoms with Gasteiger partial charge < -0.3 is 0 Å². The number of hydrogen-bond donors (Lipinski definition) is 1. The summed E-state index contributed by atoms with van der Waals surface area (Å²) in [6.45, 7) is 5.07. The Morgan fingerprint density at radius 3 is 2.80 bits per heavy atom.